The van der Waals surface area contributed by atoms with Crippen LogP contribution in [0.25, 0.3) is 0 Å². The van der Waals surface area contributed by atoms with E-state index in [9.17, 15) is 9.90 Å². The Bertz CT molecular complexity index is 756. The summed E-state index contributed by atoms with van der Waals surface area (Å²) in [6.45, 7) is 1.49. The van der Waals surface area contributed by atoms with Crippen LogP contribution in [0.1, 0.15) is 30.5 Å². The average molecular weight is 310 g/mol. The van der Waals surface area contributed by atoms with E-state index in [0.717, 1.165) is 16.8 Å². The van der Waals surface area contributed by atoms with Gasteiger partial charge in [-0.15, -0.1) is 0 Å². The van der Waals surface area contributed by atoms with Crippen LogP contribution in [0.3, 0.4) is 0 Å². The molecule has 1 heterocycles. The molecule has 0 saturated carbocycles. The highest BCUT2D eigenvalue weighted by Crippen LogP contribution is 2.36. The second kappa shape index (κ2) is 6.12. The van der Waals surface area contributed by atoms with Crippen LogP contribution in [0.5, 0.6) is 11.5 Å². The van der Waals surface area contributed by atoms with Gasteiger partial charge in [-0.1, -0.05) is 36.4 Å². The Hall–Kier alpha value is -2.82. The van der Waals surface area contributed by atoms with Crippen LogP contribution in [0.4, 0.5) is 0 Å². The van der Waals surface area contributed by atoms with Gasteiger partial charge in [0.1, 0.15) is 0 Å². The number of hydrogen-bond donors (Lipinski definition) is 1. The molecule has 0 spiro atoms. The fourth-order valence-electron chi connectivity index (χ4n) is 2.78. The number of aromatic hydroxyl groups is 1. The molecule has 1 amide bonds. The topological polar surface area (TPSA) is 62.1 Å². The van der Waals surface area contributed by atoms with Gasteiger partial charge in [0, 0.05) is 13.3 Å². The molecule has 0 saturated heterocycles. The van der Waals surface area contributed by atoms with Crippen LogP contribution in [-0.4, -0.2) is 28.8 Å². The van der Waals surface area contributed by atoms with E-state index in [1.54, 1.807) is 12.1 Å². The highest BCUT2D eigenvalue weighted by Gasteiger charge is 2.31. The van der Waals surface area contributed by atoms with Crippen LogP contribution in [-0.2, 0) is 4.79 Å². The van der Waals surface area contributed by atoms with Crippen molar-refractivity contribution in [2.75, 3.05) is 7.11 Å². The van der Waals surface area contributed by atoms with E-state index in [0.29, 0.717) is 12.2 Å². The van der Waals surface area contributed by atoms with Gasteiger partial charge in [0.15, 0.2) is 11.5 Å². The maximum Gasteiger partial charge on any atom is 0.240 e. The van der Waals surface area contributed by atoms with Crippen molar-refractivity contribution in [1.82, 2.24) is 5.01 Å². The first-order chi connectivity index (χ1) is 11.1. The summed E-state index contributed by atoms with van der Waals surface area (Å²) in [7, 11) is 1.50. The Morgan fingerprint density at radius 1 is 1.26 bits per heavy atom. The highest BCUT2D eigenvalue weighted by atomic mass is 16.5. The molecular weight excluding hydrogens is 292 g/mol. The number of phenolic OH excluding ortho intramolecular Hbond substituents is 1. The van der Waals surface area contributed by atoms with Gasteiger partial charge in [-0.25, -0.2) is 5.01 Å². The molecule has 1 aliphatic rings. The minimum atomic E-state index is -0.223. The van der Waals surface area contributed by atoms with Crippen molar-refractivity contribution in [2.45, 2.75) is 19.4 Å². The monoisotopic (exact) mass is 310 g/mol. The van der Waals surface area contributed by atoms with Gasteiger partial charge >= 0.3 is 0 Å². The zero-order valence-corrected chi connectivity index (χ0v) is 13.1. The Labute approximate surface area is 134 Å². The van der Waals surface area contributed by atoms with Gasteiger partial charge < -0.3 is 9.84 Å². The predicted octanol–water partition coefficient (Wildman–Crippen LogP) is 3.10. The van der Waals surface area contributed by atoms with E-state index in [2.05, 4.69) is 5.10 Å². The molecule has 1 atom stereocenters. The first kappa shape index (κ1) is 15.1. The normalized spacial score (nSPS) is 17.0. The van der Waals surface area contributed by atoms with Gasteiger partial charge in [0.05, 0.1) is 18.9 Å². The molecule has 1 N–H and O–H groups in total. The molecule has 0 aromatic heterocycles. The molecule has 23 heavy (non-hydrogen) atoms. The molecule has 0 bridgehead atoms. The third-order valence-electron chi connectivity index (χ3n) is 3.93. The molecule has 2 aromatic rings. The first-order valence-corrected chi connectivity index (χ1v) is 7.39. The number of hydrazone groups is 1. The third kappa shape index (κ3) is 2.90. The van der Waals surface area contributed by atoms with Crippen molar-refractivity contribution in [3.8, 4) is 11.5 Å². The maximum absolute atomic E-state index is 11.9. The van der Waals surface area contributed by atoms with Crippen molar-refractivity contribution in [2.24, 2.45) is 5.10 Å². The van der Waals surface area contributed by atoms with Gasteiger partial charge in [-0.05, 0) is 23.3 Å². The predicted molar refractivity (Wildman–Crippen MR) is 87.5 cm³/mol. The summed E-state index contributed by atoms with van der Waals surface area (Å²) in [4.78, 5) is 11.9. The summed E-state index contributed by atoms with van der Waals surface area (Å²) >= 11 is 0. The summed E-state index contributed by atoms with van der Waals surface area (Å²) in [5.74, 6) is 0.336. The number of ether oxygens (including phenoxy) is 1. The summed E-state index contributed by atoms with van der Waals surface area (Å²) in [5.41, 5.74) is 2.69. The van der Waals surface area contributed by atoms with Crippen LogP contribution >= 0.6 is 0 Å². The van der Waals surface area contributed by atoms with E-state index < -0.39 is 0 Å². The van der Waals surface area contributed by atoms with Gasteiger partial charge in [-0.3, -0.25) is 4.79 Å². The lowest BCUT2D eigenvalue weighted by atomic mass is 9.98. The molecule has 118 valence electrons. The van der Waals surface area contributed by atoms with E-state index >= 15 is 0 Å². The quantitative estimate of drug-likeness (QED) is 0.947. The molecule has 1 aliphatic heterocycles. The van der Waals surface area contributed by atoms with Crippen molar-refractivity contribution in [3.63, 3.8) is 0 Å². The Morgan fingerprint density at radius 2 is 2.00 bits per heavy atom. The maximum atomic E-state index is 11.9. The van der Waals surface area contributed by atoms with Gasteiger partial charge in [0.2, 0.25) is 5.91 Å². The van der Waals surface area contributed by atoms with Crippen molar-refractivity contribution >= 4 is 11.6 Å². The lowest BCUT2D eigenvalue weighted by Gasteiger charge is -2.21. The first-order valence-electron chi connectivity index (χ1n) is 7.39. The van der Waals surface area contributed by atoms with E-state index in [-0.39, 0.29) is 17.7 Å². The van der Waals surface area contributed by atoms with Crippen molar-refractivity contribution in [3.05, 3.63) is 59.7 Å². The molecule has 0 radical (unpaired) electrons. The summed E-state index contributed by atoms with van der Waals surface area (Å²) in [6, 6.07) is 14.7. The number of hydrogen-bond acceptors (Lipinski definition) is 4. The molecular formula is C18H18N2O3. The lowest BCUT2D eigenvalue weighted by Crippen LogP contribution is -2.24. The second-order valence-electron chi connectivity index (χ2n) is 5.43. The Balaban J connectivity index is 1.94. The fourth-order valence-corrected chi connectivity index (χ4v) is 2.78. The van der Waals surface area contributed by atoms with E-state index in [1.165, 1.54) is 19.0 Å². The number of benzene rings is 2. The second-order valence-corrected chi connectivity index (χ2v) is 5.43. The van der Waals surface area contributed by atoms with E-state index in [1.807, 2.05) is 36.4 Å². The zero-order valence-electron chi connectivity index (χ0n) is 13.1. The number of carbonyl (C=O) groups excluding carboxylic acids is 1. The van der Waals surface area contributed by atoms with Crippen LogP contribution < -0.4 is 4.74 Å². The Kier molecular flexibility index (Phi) is 4.02. The number of amides is 1. The smallest absolute Gasteiger partial charge is 0.240 e. The summed E-state index contributed by atoms with van der Waals surface area (Å²) < 4.78 is 5.07. The van der Waals surface area contributed by atoms with Gasteiger partial charge in [0.25, 0.3) is 0 Å². The minimum Gasteiger partial charge on any atom is -0.504 e. The molecule has 0 fully saturated rings. The Morgan fingerprint density at radius 3 is 2.61 bits per heavy atom. The molecule has 2 aromatic carbocycles. The van der Waals surface area contributed by atoms with Crippen molar-refractivity contribution in [1.29, 1.82) is 0 Å². The zero-order chi connectivity index (χ0) is 16.4. The SMILES string of the molecule is COc1ccc(C2CC(c3ccccc3)=NN2C(C)=O)cc1O. The molecule has 3 rings (SSSR count). The number of methoxy groups -OCH3 is 1. The van der Waals surface area contributed by atoms with Gasteiger partial charge in [-0.2, -0.15) is 5.10 Å². The standard InChI is InChI=1S/C18H18N2O3/c1-12(21)20-16(14-8-9-18(23-2)17(22)10-14)11-15(19-20)13-6-4-3-5-7-13/h3-10,16,22H,11H2,1-2H3. The van der Waals surface area contributed by atoms with Crippen LogP contribution in [0, 0.1) is 0 Å². The average Bonchev–Trinajstić information content (AvgIpc) is 3.01. The summed E-state index contributed by atoms with van der Waals surface area (Å²) in [6.07, 6.45) is 0.607. The van der Waals surface area contributed by atoms with Crippen LogP contribution in [0.15, 0.2) is 53.6 Å². The molecule has 5 heteroatoms. The van der Waals surface area contributed by atoms with Crippen molar-refractivity contribution < 1.29 is 14.6 Å². The number of rotatable bonds is 3. The molecule has 5 nitrogen and oxygen atoms in total. The van der Waals surface area contributed by atoms with Crippen LogP contribution in [0.2, 0.25) is 0 Å². The molecule has 0 aliphatic carbocycles. The molecule has 1 unspecified atom stereocenters. The third-order valence-corrected chi connectivity index (χ3v) is 3.93. The van der Waals surface area contributed by atoms with E-state index in [4.69, 9.17) is 4.74 Å². The largest absolute Gasteiger partial charge is 0.504 e. The summed E-state index contributed by atoms with van der Waals surface area (Å²) in [5, 5.41) is 15.9. The number of nitrogens with zero attached hydrogens (tertiary/aromatic N) is 2. The fraction of sp³-hybridized carbons (Fsp3) is 0.222. The minimum absolute atomic E-state index is 0.0571. The number of phenols is 1. The number of carbonyl (C=O) groups is 1. The lowest BCUT2D eigenvalue weighted by molar-refractivity contribution is -0.130. The highest BCUT2D eigenvalue weighted by molar-refractivity contribution is 6.03.